The fourth-order valence-corrected chi connectivity index (χ4v) is 3.74. The van der Waals surface area contributed by atoms with Gasteiger partial charge in [-0.3, -0.25) is 4.79 Å². The van der Waals surface area contributed by atoms with E-state index in [2.05, 4.69) is 37.9 Å². The van der Waals surface area contributed by atoms with Crippen LogP contribution in [0, 0.1) is 11.3 Å². The molecule has 2 aliphatic rings. The van der Waals surface area contributed by atoms with Crippen LogP contribution in [0.3, 0.4) is 0 Å². The van der Waals surface area contributed by atoms with Gasteiger partial charge in [0.2, 0.25) is 5.91 Å². The summed E-state index contributed by atoms with van der Waals surface area (Å²) in [7, 11) is 0. The third kappa shape index (κ3) is 3.97. The highest BCUT2D eigenvalue weighted by Gasteiger charge is 2.32. The summed E-state index contributed by atoms with van der Waals surface area (Å²) >= 11 is 0. The maximum Gasteiger partial charge on any atom is 0.239 e. The molecule has 2 fully saturated rings. The van der Waals surface area contributed by atoms with E-state index in [0.717, 1.165) is 38.3 Å². The van der Waals surface area contributed by atoms with Crippen molar-refractivity contribution in [2.24, 2.45) is 11.3 Å². The van der Waals surface area contributed by atoms with Gasteiger partial charge in [0.15, 0.2) is 0 Å². The van der Waals surface area contributed by atoms with E-state index < -0.39 is 0 Å². The molecule has 0 bridgehead atoms. The number of amides is 1. The minimum Gasteiger partial charge on any atom is -0.341 e. The lowest BCUT2D eigenvalue weighted by Crippen LogP contribution is -2.51. The summed E-state index contributed by atoms with van der Waals surface area (Å²) in [6.07, 6.45) is 7.00. The average Bonchev–Trinajstić information content (AvgIpc) is 2.63. The first-order chi connectivity index (χ1) is 9.38. The second-order valence-electron chi connectivity index (χ2n) is 7.87. The zero-order valence-electron chi connectivity index (χ0n) is 13.7. The van der Waals surface area contributed by atoms with Crippen molar-refractivity contribution in [3.05, 3.63) is 0 Å². The molecule has 1 amide bonds. The van der Waals surface area contributed by atoms with Gasteiger partial charge in [-0.15, -0.1) is 0 Å². The molecule has 0 radical (unpaired) electrons. The van der Waals surface area contributed by atoms with Crippen molar-refractivity contribution in [2.75, 3.05) is 13.1 Å². The lowest BCUT2D eigenvalue weighted by atomic mass is 9.77. The second kappa shape index (κ2) is 6.46. The molecule has 2 heterocycles. The van der Waals surface area contributed by atoms with Crippen LogP contribution in [0.1, 0.15) is 66.2 Å². The Bertz CT molecular complexity index is 334. The number of carbonyl (C=O) groups is 1. The SMILES string of the molecule is CC1CCCC(C(=O)N2CCCC(C(C)(C)C)CC2)N1. The summed E-state index contributed by atoms with van der Waals surface area (Å²) in [6.45, 7) is 11.1. The largest absolute Gasteiger partial charge is 0.341 e. The van der Waals surface area contributed by atoms with Crippen molar-refractivity contribution >= 4 is 5.91 Å². The van der Waals surface area contributed by atoms with Gasteiger partial charge in [-0.2, -0.15) is 0 Å². The smallest absolute Gasteiger partial charge is 0.239 e. The quantitative estimate of drug-likeness (QED) is 0.800. The highest BCUT2D eigenvalue weighted by molar-refractivity contribution is 5.82. The van der Waals surface area contributed by atoms with E-state index in [1.165, 1.54) is 19.3 Å². The first kappa shape index (κ1) is 15.8. The Morgan fingerprint density at radius 1 is 1.05 bits per heavy atom. The fraction of sp³-hybridized carbons (Fsp3) is 0.941. The van der Waals surface area contributed by atoms with Crippen molar-refractivity contribution in [3.63, 3.8) is 0 Å². The molecule has 116 valence electrons. The van der Waals surface area contributed by atoms with Gasteiger partial charge in [0.05, 0.1) is 6.04 Å². The number of nitrogens with one attached hydrogen (secondary N) is 1. The molecule has 3 unspecified atom stereocenters. The molecule has 0 aliphatic carbocycles. The van der Waals surface area contributed by atoms with E-state index in [9.17, 15) is 4.79 Å². The molecule has 3 nitrogen and oxygen atoms in total. The van der Waals surface area contributed by atoms with Crippen LogP contribution in [-0.2, 0) is 4.79 Å². The Hall–Kier alpha value is -0.570. The van der Waals surface area contributed by atoms with Gasteiger partial charge in [-0.05, 0) is 56.8 Å². The highest BCUT2D eigenvalue weighted by atomic mass is 16.2. The van der Waals surface area contributed by atoms with Crippen LogP contribution in [0.4, 0.5) is 0 Å². The first-order valence-corrected chi connectivity index (χ1v) is 8.43. The fourth-order valence-electron chi connectivity index (χ4n) is 3.74. The summed E-state index contributed by atoms with van der Waals surface area (Å²) in [6, 6.07) is 0.567. The average molecular weight is 280 g/mol. The second-order valence-corrected chi connectivity index (χ2v) is 7.87. The van der Waals surface area contributed by atoms with Crippen LogP contribution in [0.15, 0.2) is 0 Å². The summed E-state index contributed by atoms with van der Waals surface area (Å²) < 4.78 is 0. The summed E-state index contributed by atoms with van der Waals surface area (Å²) in [5.74, 6) is 1.10. The van der Waals surface area contributed by atoms with Gasteiger partial charge in [-0.25, -0.2) is 0 Å². The third-order valence-electron chi connectivity index (χ3n) is 5.18. The summed E-state index contributed by atoms with van der Waals surface area (Å²) in [5, 5.41) is 3.48. The lowest BCUT2D eigenvalue weighted by Gasteiger charge is -2.33. The Kier molecular flexibility index (Phi) is 5.11. The van der Waals surface area contributed by atoms with Crippen LogP contribution < -0.4 is 5.32 Å². The van der Waals surface area contributed by atoms with Crippen molar-refractivity contribution < 1.29 is 4.79 Å². The zero-order valence-corrected chi connectivity index (χ0v) is 13.7. The number of hydrogen-bond acceptors (Lipinski definition) is 2. The number of nitrogens with zero attached hydrogens (tertiary/aromatic N) is 1. The van der Waals surface area contributed by atoms with Crippen LogP contribution in [0.5, 0.6) is 0 Å². The Morgan fingerprint density at radius 2 is 1.80 bits per heavy atom. The zero-order chi connectivity index (χ0) is 14.8. The van der Waals surface area contributed by atoms with E-state index in [4.69, 9.17) is 0 Å². The van der Waals surface area contributed by atoms with Gasteiger partial charge in [0.25, 0.3) is 0 Å². The van der Waals surface area contributed by atoms with E-state index in [0.29, 0.717) is 17.4 Å². The normalized spacial score (nSPS) is 32.8. The van der Waals surface area contributed by atoms with E-state index in [1.54, 1.807) is 0 Å². The first-order valence-electron chi connectivity index (χ1n) is 8.43. The molecule has 1 N–H and O–H groups in total. The Labute approximate surface area is 124 Å². The molecule has 0 aromatic heterocycles. The standard InChI is InChI=1S/C17H32N2O/c1-13-7-5-9-15(18-13)16(20)19-11-6-8-14(10-12-19)17(2,3)4/h13-15,18H,5-12H2,1-4H3. The van der Waals surface area contributed by atoms with Gasteiger partial charge < -0.3 is 10.2 Å². The minimum atomic E-state index is 0.0740. The third-order valence-corrected chi connectivity index (χ3v) is 5.18. The number of likely N-dealkylation sites (tertiary alicyclic amines) is 1. The number of rotatable bonds is 1. The van der Waals surface area contributed by atoms with Crippen LogP contribution in [0.2, 0.25) is 0 Å². The van der Waals surface area contributed by atoms with Crippen LogP contribution >= 0.6 is 0 Å². The molecule has 2 rings (SSSR count). The maximum atomic E-state index is 12.7. The molecule has 0 aromatic rings. The van der Waals surface area contributed by atoms with E-state index in [1.807, 2.05) is 0 Å². The summed E-state index contributed by atoms with van der Waals surface area (Å²) in [4.78, 5) is 14.8. The number of hydrogen-bond donors (Lipinski definition) is 1. The van der Waals surface area contributed by atoms with Gasteiger partial charge in [-0.1, -0.05) is 20.8 Å². The minimum absolute atomic E-state index is 0.0740. The van der Waals surface area contributed by atoms with Crippen molar-refractivity contribution in [1.82, 2.24) is 10.2 Å². The maximum absolute atomic E-state index is 12.7. The van der Waals surface area contributed by atoms with Crippen LogP contribution in [0.25, 0.3) is 0 Å². The van der Waals surface area contributed by atoms with Gasteiger partial charge in [0, 0.05) is 19.1 Å². The lowest BCUT2D eigenvalue weighted by molar-refractivity contribution is -0.134. The molecular formula is C17H32N2O. The number of piperidine rings is 1. The summed E-state index contributed by atoms with van der Waals surface area (Å²) in [5.41, 5.74) is 0.372. The molecule has 0 saturated carbocycles. The monoisotopic (exact) mass is 280 g/mol. The van der Waals surface area contributed by atoms with Gasteiger partial charge >= 0.3 is 0 Å². The highest BCUT2D eigenvalue weighted by Crippen LogP contribution is 2.34. The van der Waals surface area contributed by atoms with E-state index >= 15 is 0 Å². The molecule has 3 atom stereocenters. The topological polar surface area (TPSA) is 32.3 Å². The molecule has 2 aliphatic heterocycles. The molecule has 2 saturated heterocycles. The van der Waals surface area contributed by atoms with E-state index in [-0.39, 0.29) is 6.04 Å². The number of carbonyl (C=O) groups excluding carboxylic acids is 1. The van der Waals surface area contributed by atoms with Gasteiger partial charge in [0.1, 0.15) is 0 Å². The molecule has 0 spiro atoms. The molecular weight excluding hydrogens is 248 g/mol. The predicted octanol–water partition coefficient (Wildman–Crippen LogP) is 3.19. The van der Waals surface area contributed by atoms with Crippen molar-refractivity contribution in [3.8, 4) is 0 Å². The van der Waals surface area contributed by atoms with Crippen molar-refractivity contribution in [1.29, 1.82) is 0 Å². The molecule has 20 heavy (non-hydrogen) atoms. The van der Waals surface area contributed by atoms with Crippen LogP contribution in [-0.4, -0.2) is 36.0 Å². The Balaban J connectivity index is 1.91. The molecule has 3 heteroatoms. The Morgan fingerprint density at radius 3 is 2.45 bits per heavy atom. The molecule has 0 aromatic carbocycles. The van der Waals surface area contributed by atoms with Crippen molar-refractivity contribution in [2.45, 2.75) is 78.3 Å². The predicted molar refractivity (Wildman–Crippen MR) is 83.6 cm³/mol.